The smallest absolute Gasteiger partial charge is 0.339 e. The third kappa shape index (κ3) is 2.76. The van der Waals surface area contributed by atoms with Crippen molar-refractivity contribution in [2.75, 3.05) is 7.11 Å². The van der Waals surface area contributed by atoms with Gasteiger partial charge in [0.2, 0.25) is 11.6 Å². The van der Waals surface area contributed by atoms with Crippen molar-refractivity contribution in [3.8, 4) is 0 Å². The van der Waals surface area contributed by atoms with Crippen LogP contribution in [0.2, 0.25) is 0 Å². The van der Waals surface area contributed by atoms with Gasteiger partial charge in [0, 0.05) is 31.1 Å². The van der Waals surface area contributed by atoms with E-state index in [9.17, 15) is 29.4 Å². The third-order valence-corrected chi connectivity index (χ3v) is 11.1. The maximum atomic E-state index is 14.6. The average Bonchev–Trinajstić information content (AvgIpc) is 3.48. The van der Waals surface area contributed by atoms with Gasteiger partial charge in [-0.1, -0.05) is 19.9 Å². The minimum atomic E-state index is -2.77. The number of Topliss-reactive ketones (excluding diaryl/α,β-unsaturated/α-hetero) is 1. The van der Waals surface area contributed by atoms with Crippen LogP contribution < -0.4 is 0 Å². The van der Waals surface area contributed by atoms with Crippen molar-refractivity contribution in [1.29, 1.82) is 0 Å². The minimum Gasteiger partial charge on any atom is -0.472 e. The molecular formula is C29H34O12. The summed E-state index contributed by atoms with van der Waals surface area (Å²) >= 11 is 0. The second-order valence-electron chi connectivity index (χ2n) is 12.9. The van der Waals surface area contributed by atoms with E-state index in [0.717, 1.165) is 13.2 Å². The van der Waals surface area contributed by atoms with Crippen molar-refractivity contribution < 1.29 is 57.5 Å². The second-order valence-corrected chi connectivity index (χ2v) is 12.9. The number of carbonyl (C=O) groups excluding carboxylic acids is 4. The summed E-state index contributed by atoms with van der Waals surface area (Å²) < 4.78 is 34.6. The van der Waals surface area contributed by atoms with E-state index in [0.29, 0.717) is 5.56 Å². The first-order chi connectivity index (χ1) is 18.9. The number of methoxy groups -OCH3 is 1. The van der Waals surface area contributed by atoms with Crippen LogP contribution in [0.1, 0.15) is 59.6 Å². The molecule has 1 aromatic heterocycles. The highest BCUT2D eigenvalue weighted by atomic mass is 16.7. The number of cyclic esters (lactones) is 2. The Morgan fingerprint density at radius 3 is 2.34 bits per heavy atom. The fourth-order valence-electron chi connectivity index (χ4n) is 9.17. The van der Waals surface area contributed by atoms with Crippen molar-refractivity contribution in [3.63, 3.8) is 0 Å². The first-order valence-corrected chi connectivity index (χ1v) is 13.5. The molecule has 2 aliphatic carbocycles. The number of ketones is 1. The van der Waals surface area contributed by atoms with Gasteiger partial charge < -0.3 is 38.3 Å². The van der Waals surface area contributed by atoms with Crippen LogP contribution in [0.15, 0.2) is 35.2 Å². The molecule has 10 unspecified atom stereocenters. The first-order valence-electron chi connectivity index (χ1n) is 13.5. The zero-order chi connectivity index (χ0) is 30.2. The quantitative estimate of drug-likeness (QED) is 0.231. The predicted molar refractivity (Wildman–Crippen MR) is 134 cm³/mol. The van der Waals surface area contributed by atoms with Crippen molar-refractivity contribution >= 4 is 23.7 Å². The van der Waals surface area contributed by atoms with Crippen LogP contribution in [0.25, 0.3) is 0 Å². The van der Waals surface area contributed by atoms with Gasteiger partial charge in [0.25, 0.3) is 0 Å². The molecule has 0 bridgehead atoms. The van der Waals surface area contributed by atoms with E-state index >= 15 is 0 Å². The molecule has 1 aromatic rings. The average molecular weight is 575 g/mol. The van der Waals surface area contributed by atoms with E-state index in [-0.39, 0.29) is 6.42 Å². The molecule has 0 radical (unpaired) electrons. The summed E-state index contributed by atoms with van der Waals surface area (Å²) in [5, 5.41) is 24.9. The number of rotatable bonds is 3. The van der Waals surface area contributed by atoms with E-state index in [2.05, 4.69) is 0 Å². The Kier molecular flexibility index (Phi) is 5.38. The molecule has 5 aliphatic rings. The summed E-state index contributed by atoms with van der Waals surface area (Å²) in [6.45, 7) is 8.88. The van der Waals surface area contributed by atoms with Gasteiger partial charge in [-0.2, -0.15) is 0 Å². The molecule has 222 valence electrons. The highest BCUT2D eigenvalue weighted by Crippen LogP contribution is 2.81. The lowest BCUT2D eigenvalue weighted by Gasteiger charge is -2.71. The molecular weight excluding hydrogens is 540 g/mol. The zero-order valence-electron chi connectivity index (χ0n) is 23.9. The van der Waals surface area contributed by atoms with E-state index in [4.69, 9.17) is 28.1 Å². The van der Waals surface area contributed by atoms with Gasteiger partial charge in [-0.05, 0) is 39.2 Å². The van der Waals surface area contributed by atoms with Gasteiger partial charge >= 0.3 is 17.9 Å². The number of epoxide rings is 1. The van der Waals surface area contributed by atoms with Crippen LogP contribution >= 0.6 is 0 Å². The van der Waals surface area contributed by atoms with Crippen molar-refractivity contribution in [2.45, 2.75) is 88.9 Å². The Labute approximate surface area is 235 Å². The summed E-state index contributed by atoms with van der Waals surface area (Å²) in [6.07, 6.45) is 1.90. The molecule has 4 fully saturated rings. The summed E-state index contributed by atoms with van der Waals surface area (Å²) in [4.78, 5) is 53.4. The lowest BCUT2D eigenvalue weighted by Crippen LogP contribution is -2.86. The fourth-order valence-corrected chi connectivity index (χ4v) is 9.17. The van der Waals surface area contributed by atoms with Crippen LogP contribution in [-0.2, 0) is 42.9 Å². The van der Waals surface area contributed by atoms with Gasteiger partial charge in [0.15, 0.2) is 11.7 Å². The van der Waals surface area contributed by atoms with Crippen LogP contribution in [0.3, 0.4) is 0 Å². The lowest BCUT2D eigenvalue weighted by molar-refractivity contribution is -0.364. The van der Waals surface area contributed by atoms with E-state index < -0.39 is 86.8 Å². The molecule has 1 spiro atoms. The highest BCUT2D eigenvalue weighted by Gasteiger charge is 2.95. The molecule has 0 amide bonds. The van der Waals surface area contributed by atoms with Crippen LogP contribution in [0.4, 0.5) is 0 Å². The summed E-state index contributed by atoms with van der Waals surface area (Å²) in [7, 11) is 1.12. The maximum absolute atomic E-state index is 14.6. The molecule has 41 heavy (non-hydrogen) atoms. The third-order valence-electron chi connectivity index (χ3n) is 11.1. The number of furan rings is 1. The number of aliphatic hydroxyl groups is 2. The van der Waals surface area contributed by atoms with E-state index in [1.54, 1.807) is 26.8 Å². The molecule has 4 heterocycles. The van der Waals surface area contributed by atoms with Crippen LogP contribution in [0, 0.1) is 22.2 Å². The van der Waals surface area contributed by atoms with Crippen molar-refractivity contribution in [2.24, 2.45) is 22.2 Å². The Morgan fingerprint density at radius 2 is 1.76 bits per heavy atom. The molecule has 10 atom stereocenters. The molecule has 6 rings (SSSR count). The Bertz CT molecular complexity index is 1400. The summed E-state index contributed by atoms with van der Waals surface area (Å²) in [5.41, 5.74) is -10.4. The standard InChI is InChI=1S/C29H34O12/c1-14(30)38-17-12-16-24(4)10-8-18(31)40-23(2,3)27(24,34)22(33)29(35,36-7)26(16,6)28-20(41-28)21(32)39-19(25(17,28)5)15-9-11-37-13-15/h8-11,13,16-17,19-20,34-35H,12H2,1-7H3. The van der Waals surface area contributed by atoms with Crippen molar-refractivity contribution in [3.05, 3.63) is 36.3 Å². The van der Waals surface area contributed by atoms with E-state index in [1.165, 1.54) is 39.4 Å². The van der Waals surface area contributed by atoms with Gasteiger partial charge in [-0.15, -0.1) is 0 Å². The second kappa shape index (κ2) is 7.85. The van der Waals surface area contributed by atoms with Gasteiger partial charge in [0.1, 0.15) is 23.4 Å². The highest BCUT2D eigenvalue weighted by molar-refractivity contribution is 6.00. The van der Waals surface area contributed by atoms with Crippen LogP contribution in [0.5, 0.6) is 0 Å². The molecule has 12 heteroatoms. The SMILES string of the molecule is COC1(O)C(=O)C2(O)C(C)(C)OC(=O)C=CC2(C)C2CC(OC(C)=O)C3(C)C(c4ccoc4)OC(=O)C4OC43C21C. The topological polar surface area (TPSA) is 171 Å². The number of hydrogen-bond donors (Lipinski definition) is 2. The van der Waals surface area contributed by atoms with Gasteiger partial charge in [-0.3, -0.25) is 9.59 Å². The summed E-state index contributed by atoms with van der Waals surface area (Å²) in [5.74, 6) is -7.10. The Hall–Kier alpha value is -3.06. The molecule has 2 saturated heterocycles. The van der Waals surface area contributed by atoms with Crippen molar-refractivity contribution in [1.82, 2.24) is 0 Å². The summed E-state index contributed by atoms with van der Waals surface area (Å²) in [6, 6.07) is 1.60. The lowest BCUT2D eigenvalue weighted by atomic mass is 9.34. The largest absolute Gasteiger partial charge is 0.472 e. The number of esters is 3. The maximum Gasteiger partial charge on any atom is 0.339 e. The molecule has 2 saturated carbocycles. The molecule has 12 nitrogen and oxygen atoms in total. The molecule has 2 N–H and O–H groups in total. The number of hydrogen-bond acceptors (Lipinski definition) is 12. The number of carbonyl (C=O) groups is 4. The first kappa shape index (κ1) is 28.1. The van der Waals surface area contributed by atoms with E-state index in [1.807, 2.05) is 0 Å². The monoisotopic (exact) mass is 574 g/mol. The molecule has 3 aliphatic heterocycles. The zero-order valence-corrected chi connectivity index (χ0v) is 23.9. The van der Waals surface area contributed by atoms with Crippen LogP contribution in [-0.4, -0.2) is 75.8 Å². The number of fused-ring (bicyclic) bond motifs is 3. The Morgan fingerprint density at radius 1 is 1.07 bits per heavy atom. The minimum absolute atomic E-state index is 0.0529. The van der Waals surface area contributed by atoms with Gasteiger partial charge in [0.05, 0.1) is 23.4 Å². The van der Waals surface area contributed by atoms with Gasteiger partial charge in [-0.25, -0.2) is 9.59 Å². The Balaban J connectivity index is 1.70. The number of ether oxygens (including phenoxy) is 5. The molecule has 0 aromatic carbocycles. The predicted octanol–water partition coefficient (Wildman–Crippen LogP) is 1.53. The fraction of sp³-hybridized carbons (Fsp3) is 0.655. The normalized spacial score (nSPS) is 49.3.